The van der Waals surface area contributed by atoms with Gasteiger partial charge in [-0.1, -0.05) is 247 Å². The summed E-state index contributed by atoms with van der Waals surface area (Å²) in [4.78, 5) is 48.7. The Bertz CT molecular complexity index is 1630. The van der Waals surface area contributed by atoms with Crippen LogP contribution in [0.3, 0.4) is 0 Å². The second-order valence-electron chi connectivity index (χ2n) is 20.8. The van der Waals surface area contributed by atoms with E-state index in [0.717, 1.165) is 103 Å². The van der Waals surface area contributed by atoms with Crippen LogP contribution in [-0.2, 0) is 42.2 Å². The van der Waals surface area contributed by atoms with Gasteiger partial charge in [0.2, 0.25) is 0 Å². The number of aliphatic hydroxyl groups is 1. The Hall–Kier alpha value is -3.34. The molecule has 0 aliphatic rings. The zero-order valence-electron chi connectivity index (χ0n) is 49.9. The molecule has 0 fully saturated rings. The van der Waals surface area contributed by atoms with Crippen molar-refractivity contribution in [2.75, 3.05) is 26.4 Å². The fourth-order valence-corrected chi connectivity index (χ4v) is 9.32. The van der Waals surface area contributed by atoms with Crippen molar-refractivity contribution in [3.05, 3.63) is 85.1 Å². The second kappa shape index (κ2) is 59.8. The predicted molar refractivity (Wildman–Crippen MR) is 325 cm³/mol. The number of carbonyl (C=O) groups excluding carboxylic acids is 3. The lowest BCUT2D eigenvalue weighted by Gasteiger charge is -2.21. The number of carbonyl (C=O) groups is 3. The van der Waals surface area contributed by atoms with Gasteiger partial charge in [0, 0.05) is 19.3 Å². The molecule has 0 heterocycles. The number of hydrogen-bond acceptors (Lipinski definition) is 10. The molecule has 0 saturated carbocycles. The van der Waals surface area contributed by atoms with E-state index < -0.39 is 57.8 Å². The molecular weight excluding hydrogens is 1000 g/mol. The molecule has 2 N–H and O–H groups in total. The largest absolute Gasteiger partial charge is 0.472 e. The summed E-state index contributed by atoms with van der Waals surface area (Å²) in [6, 6.07) is 0. The zero-order chi connectivity index (χ0) is 56.9. The van der Waals surface area contributed by atoms with E-state index in [0.29, 0.717) is 19.3 Å². The van der Waals surface area contributed by atoms with Gasteiger partial charge in [0.05, 0.1) is 19.8 Å². The van der Waals surface area contributed by atoms with Crippen molar-refractivity contribution in [2.45, 2.75) is 290 Å². The Balaban J connectivity index is 4.77. The smallest absolute Gasteiger partial charge is 0.462 e. The first-order valence-electron chi connectivity index (χ1n) is 31.5. The van der Waals surface area contributed by atoms with Gasteiger partial charge in [-0.05, 0) is 96.3 Å². The van der Waals surface area contributed by atoms with Gasteiger partial charge in [0.25, 0.3) is 0 Å². The van der Waals surface area contributed by atoms with Gasteiger partial charge < -0.3 is 24.2 Å². The van der Waals surface area contributed by atoms with Crippen molar-refractivity contribution in [3.8, 4) is 0 Å². The molecule has 0 aromatic rings. The molecule has 0 aromatic heterocycles. The van der Waals surface area contributed by atoms with E-state index in [1.165, 1.54) is 116 Å². The first-order valence-corrected chi connectivity index (χ1v) is 33.0. The van der Waals surface area contributed by atoms with Crippen LogP contribution in [0.5, 0.6) is 0 Å². The third kappa shape index (κ3) is 57.3. The molecule has 0 bridgehead atoms. The van der Waals surface area contributed by atoms with Crippen molar-refractivity contribution in [2.24, 2.45) is 0 Å². The summed E-state index contributed by atoms with van der Waals surface area (Å²) in [6.07, 6.45) is 69.6. The first-order chi connectivity index (χ1) is 38.2. The highest BCUT2D eigenvalue weighted by Gasteiger charge is 2.28. The van der Waals surface area contributed by atoms with E-state index in [1.807, 2.05) is 0 Å². The third-order valence-corrected chi connectivity index (χ3v) is 14.3. The number of ether oxygens (including phenoxy) is 3. The summed E-state index contributed by atoms with van der Waals surface area (Å²) in [7, 11) is -4.76. The molecule has 0 rings (SSSR count). The van der Waals surface area contributed by atoms with Crippen molar-refractivity contribution >= 4 is 25.7 Å². The van der Waals surface area contributed by atoms with E-state index in [2.05, 4.69) is 106 Å². The molecule has 0 saturated heterocycles. The number of hydrogen-bond donors (Lipinski definition) is 2. The molecule has 450 valence electrons. The van der Waals surface area contributed by atoms with Crippen LogP contribution in [0.15, 0.2) is 85.1 Å². The van der Waals surface area contributed by atoms with E-state index in [1.54, 1.807) is 0 Å². The van der Waals surface area contributed by atoms with Crippen molar-refractivity contribution in [1.29, 1.82) is 0 Å². The van der Waals surface area contributed by atoms with Crippen molar-refractivity contribution in [1.82, 2.24) is 0 Å². The molecule has 0 radical (unpaired) electrons. The van der Waals surface area contributed by atoms with Crippen molar-refractivity contribution < 1.29 is 52.2 Å². The van der Waals surface area contributed by atoms with Crippen LogP contribution in [0.4, 0.5) is 0 Å². The molecular formula is C66H115O11P. The van der Waals surface area contributed by atoms with Crippen LogP contribution in [0.25, 0.3) is 0 Å². The highest BCUT2D eigenvalue weighted by molar-refractivity contribution is 7.47. The molecule has 78 heavy (non-hydrogen) atoms. The van der Waals surface area contributed by atoms with Crippen LogP contribution in [0.1, 0.15) is 278 Å². The Labute approximate surface area is 477 Å². The Kier molecular flexibility index (Phi) is 57.2. The van der Waals surface area contributed by atoms with E-state index in [4.69, 9.17) is 23.3 Å². The predicted octanol–water partition coefficient (Wildman–Crippen LogP) is 19.0. The quantitative estimate of drug-likeness (QED) is 0.0197. The number of phosphoric acid groups is 1. The van der Waals surface area contributed by atoms with Gasteiger partial charge in [0.1, 0.15) is 12.7 Å². The van der Waals surface area contributed by atoms with Gasteiger partial charge in [-0.2, -0.15) is 0 Å². The fraction of sp³-hybridized carbons (Fsp3) is 0.742. The summed E-state index contributed by atoms with van der Waals surface area (Å²) in [5.41, 5.74) is 0. The number of rotatable bonds is 58. The van der Waals surface area contributed by atoms with E-state index >= 15 is 0 Å². The Morgan fingerprint density at radius 1 is 0.372 bits per heavy atom. The summed E-state index contributed by atoms with van der Waals surface area (Å²) in [6.45, 7) is 4.49. The van der Waals surface area contributed by atoms with Crippen LogP contribution >= 0.6 is 7.82 Å². The van der Waals surface area contributed by atoms with Gasteiger partial charge in [-0.3, -0.25) is 23.4 Å². The van der Waals surface area contributed by atoms with E-state index in [9.17, 15) is 28.9 Å². The highest BCUT2D eigenvalue weighted by atomic mass is 31.2. The molecule has 0 aliphatic carbocycles. The van der Waals surface area contributed by atoms with Crippen molar-refractivity contribution in [3.63, 3.8) is 0 Å². The highest BCUT2D eigenvalue weighted by Crippen LogP contribution is 2.43. The lowest BCUT2D eigenvalue weighted by Crippen LogP contribution is -2.30. The molecule has 0 amide bonds. The maximum atomic E-state index is 13.0. The summed E-state index contributed by atoms with van der Waals surface area (Å²) < 4.78 is 39.6. The fourth-order valence-electron chi connectivity index (χ4n) is 8.53. The second-order valence-corrected chi connectivity index (χ2v) is 22.3. The SMILES string of the molecule is CC/C=C\C/C=C\C/C=C\C/C=C\C/C=C\CCCCCC(=O)OCC(COP(=O)(O)OCC(CO)OC(=O)CCCCCCCCCCCCCCC)OC(=O)CCCCCCCCCCC/C=C\C/C=C\CCCCC. The Morgan fingerprint density at radius 2 is 0.667 bits per heavy atom. The molecule has 3 unspecified atom stereocenters. The lowest BCUT2D eigenvalue weighted by molar-refractivity contribution is -0.161. The van der Waals surface area contributed by atoms with Gasteiger partial charge >= 0.3 is 25.7 Å². The number of esters is 3. The van der Waals surface area contributed by atoms with Crippen LogP contribution < -0.4 is 0 Å². The average molecular weight is 1120 g/mol. The normalized spacial score (nSPS) is 13.9. The number of aliphatic hydroxyl groups excluding tert-OH is 1. The Morgan fingerprint density at radius 3 is 1.06 bits per heavy atom. The van der Waals surface area contributed by atoms with Gasteiger partial charge in [0.15, 0.2) is 6.10 Å². The lowest BCUT2D eigenvalue weighted by atomic mass is 10.0. The minimum absolute atomic E-state index is 0.153. The van der Waals surface area contributed by atoms with Crippen LogP contribution in [0.2, 0.25) is 0 Å². The average Bonchev–Trinajstić information content (AvgIpc) is 3.43. The number of phosphoric ester groups is 1. The molecule has 3 atom stereocenters. The first kappa shape index (κ1) is 74.7. The molecule has 0 aliphatic heterocycles. The molecule has 11 nitrogen and oxygen atoms in total. The van der Waals surface area contributed by atoms with Gasteiger partial charge in [-0.15, -0.1) is 0 Å². The number of allylic oxidation sites excluding steroid dienone is 14. The molecule has 0 spiro atoms. The van der Waals surface area contributed by atoms with Gasteiger partial charge in [-0.25, -0.2) is 4.57 Å². The minimum Gasteiger partial charge on any atom is -0.462 e. The summed E-state index contributed by atoms with van der Waals surface area (Å²) in [5, 5.41) is 9.83. The third-order valence-electron chi connectivity index (χ3n) is 13.3. The monoisotopic (exact) mass is 1110 g/mol. The summed E-state index contributed by atoms with van der Waals surface area (Å²) >= 11 is 0. The number of unbranched alkanes of at least 4 members (excludes halogenated alkanes) is 27. The summed E-state index contributed by atoms with van der Waals surface area (Å²) in [5.74, 6) is -1.50. The molecule has 0 aromatic carbocycles. The zero-order valence-corrected chi connectivity index (χ0v) is 50.8. The van der Waals surface area contributed by atoms with E-state index in [-0.39, 0.29) is 25.9 Å². The van der Waals surface area contributed by atoms with Crippen LogP contribution in [0, 0.1) is 0 Å². The standard InChI is InChI=1S/C66H115O11P/c1-4-7-10-13-16-19-22-25-27-29-31-33-35-38-40-43-46-49-52-55-64(68)73-59-63(77-66(70)57-54-51-48-45-42-39-36-34-32-30-28-26-23-20-17-14-11-8-5-2)61-75-78(71,72)74-60-62(58-67)76-65(69)56-53-50-47-44-41-37-24-21-18-15-12-9-6-3/h7,10,16-17,19-20,25-28,31,33,38,40,62-63,67H,4-6,8-9,11-15,18,21-24,29-30,32,34-37,39,41-61H2,1-3H3,(H,71,72)/b10-7-,19-16-,20-17-,27-25-,28-26-,33-31-,40-38-. The van der Waals surface area contributed by atoms with Crippen LogP contribution in [-0.4, -0.2) is 66.5 Å². The topological polar surface area (TPSA) is 155 Å². The molecule has 12 heteroatoms. The maximum absolute atomic E-state index is 13.0. The minimum atomic E-state index is -4.76. The maximum Gasteiger partial charge on any atom is 0.472 e.